The lowest BCUT2D eigenvalue weighted by molar-refractivity contribution is -0.148. The molecule has 0 aromatic heterocycles. The highest BCUT2D eigenvalue weighted by molar-refractivity contribution is 5.84. The molecule has 0 spiro atoms. The number of rotatable bonds is 4. The fourth-order valence-corrected chi connectivity index (χ4v) is 2.86. The quantitative estimate of drug-likeness (QED) is 0.887. The topological polar surface area (TPSA) is 66.4 Å². The summed E-state index contributed by atoms with van der Waals surface area (Å²) in [6.45, 7) is 2.47. The maximum atomic E-state index is 12.2. The molecule has 1 aromatic carbocycles. The van der Waals surface area contributed by atoms with Gasteiger partial charge in [-0.25, -0.2) is 0 Å². The van der Waals surface area contributed by atoms with Gasteiger partial charge < -0.3 is 10.4 Å². The largest absolute Gasteiger partial charge is 0.481 e. The summed E-state index contributed by atoms with van der Waals surface area (Å²) in [5.41, 5.74) is 2.20. The van der Waals surface area contributed by atoms with E-state index >= 15 is 0 Å². The van der Waals surface area contributed by atoms with Crippen LogP contribution >= 0.6 is 0 Å². The van der Waals surface area contributed by atoms with Crippen LogP contribution in [0.5, 0.6) is 0 Å². The first-order chi connectivity index (χ1) is 9.59. The van der Waals surface area contributed by atoms with Gasteiger partial charge in [0.1, 0.15) is 0 Å². The molecule has 1 aliphatic carbocycles. The minimum Gasteiger partial charge on any atom is -0.481 e. The standard InChI is InChI=1S/C16H21NO3/c1-11-6-2-3-7-12(11)10-17-15(18)13-8-4-5-9-14(13)16(19)20/h2-3,6-7,13-14H,4-5,8-10H2,1H3,(H,17,18)(H,19,20). The second kappa shape index (κ2) is 6.55. The van der Waals surface area contributed by atoms with Crippen LogP contribution in [0.2, 0.25) is 0 Å². The van der Waals surface area contributed by atoms with E-state index < -0.39 is 11.9 Å². The summed E-state index contributed by atoms with van der Waals surface area (Å²) >= 11 is 0. The van der Waals surface area contributed by atoms with Crippen LogP contribution in [0.25, 0.3) is 0 Å². The number of carbonyl (C=O) groups is 2. The first-order valence-electron chi connectivity index (χ1n) is 7.14. The molecule has 4 heteroatoms. The van der Waals surface area contributed by atoms with Crippen LogP contribution < -0.4 is 5.32 Å². The summed E-state index contributed by atoms with van der Waals surface area (Å²) in [6, 6.07) is 7.88. The Hall–Kier alpha value is -1.84. The highest BCUT2D eigenvalue weighted by Crippen LogP contribution is 2.30. The molecule has 1 fully saturated rings. The molecule has 0 radical (unpaired) electrons. The molecule has 2 rings (SSSR count). The summed E-state index contributed by atoms with van der Waals surface area (Å²) in [5.74, 6) is -1.88. The van der Waals surface area contributed by atoms with Crippen LogP contribution in [0.4, 0.5) is 0 Å². The zero-order valence-corrected chi connectivity index (χ0v) is 11.8. The average Bonchev–Trinajstić information content (AvgIpc) is 2.46. The first kappa shape index (κ1) is 14.6. The van der Waals surface area contributed by atoms with Gasteiger partial charge in [0.15, 0.2) is 0 Å². The predicted molar refractivity (Wildman–Crippen MR) is 76.1 cm³/mol. The van der Waals surface area contributed by atoms with Crippen molar-refractivity contribution in [3.8, 4) is 0 Å². The third-order valence-corrected chi connectivity index (χ3v) is 4.13. The fraction of sp³-hybridized carbons (Fsp3) is 0.500. The Morgan fingerprint density at radius 2 is 1.85 bits per heavy atom. The van der Waals surface area contributed by atoms with E-state index in [4.69, 9.17) is 0 Å². The van der Waals surface area contributed by atoms with Gasteiger partial charge in [-0.2, -0.15) is 0 Å². The van der Waals surface area contributed by atoms with Crippen LogP contribution in [0, 0.1) is 18.8 Å². The second-order valence-electron chi connectivity index (χ2n) is 5.48. The summed E-state index contributed by atoms with van der Waals surface area (Å²) < 4.78 is 0. The third-order valence-electron chi connectivity index (χ3n) is 4.13. The molecule has 108 valence electrons. The Bertz CT molecular complexity index is 498. The molecule has 0 bridgehead atoms. The highest BCUT2D eigenvalue weighted by Gasteiger charge is 2.35. The molecular formula is C16H21NO3. The number of hydrogen-bond donors (Lipinski definition) is 2. The maximum absolute atomic E-state index is 12.2. The number of hydrogen-bond acceptors (Lipinski definition) is 2. The minimum atomic E-state index is -0.847. The van der Waals surface area contributed by atoms with Crippen molar-refractivity contribution in [1.29, 1.82) is 0 Å². The summed E-state index contributed by atoms with van der Waals surface area (Å²) in [4.78, 5) is 23.4. The Labute approximate surface area is 119 Å². The molecular weight excluding hydrogens is 254 g/mol. The summed E-state index contributed by atoms with van der Waals surface area (Å²) in [5, 5.41) is 12.1. The molecule has 0 aliphatic heterocycles. The van der Waals surface area contributed by atoms with E-state index in [9.17, 15) is 14.7 Å². The Morgan fingerprint density at radius 3 is 2.50 bits per heavy atom. The number of benzene rings is 1. The molecule has 1 amide bonds. The molecule has 0 saturated heterocycles. The van der Waals surface area contributed by atoms with Gasteiger partial charge in [0.2, 0.25) is 5.91 Å². The molecule has 0 heterocycles. The van der Waals surface area contributed by atoms with E-state index in [0.29, 0.717) is 19.4 Å². The van der Waals surface area contributed by atoms with E-state index in [1.165, 1.54) is 0 Å². The Morgan fingerprint density at radius 1 is 1.20 bits per heavy atom. The van der Waals surface area contributed by atoms with Crippen LogP contribution in [0.1, 0.15) is 36.8 Å². The van der Waals surface area contributed by atoms with E-state index in [2.05, 4.69) is 5.32 Å². The van der Waals surface area contributed by atoms with E-state index in [0.717, 1.165) is 24.0 Å². The van der Waals surface area contributed by atoms with Gasteiger partial charge in [-0.1, -0.05) is 37.1 Å². The predicted octanol–water partition coefficient (Wildman–Crippen LogP) is 2.50. The van der Waals surface area contributed by atoms with Gasteiger partial charge in [0, 0.05) is 6.54 Å². The lowest BCUT2D eigenvalue weighted by atomic mass is 9.78. The van der Waals surface area contributed by atoms with Crippen LogP contribution in [-0.2, 0) is 16.1 Å². The molecule has 1 aromatic rings. The number of carbonyl (C=O) groups excluding carboxylic acids is 1. The van der Waals surface area contributed by atoms with Gasteiger partial charge in [0.25, 0.3) is 0 Å². The lowest BCUT2D eigenvalue weighted by Crippen LogP contribution is -2.39. The fourth-order valence-electron chi connectivity index (χ4n) is 2.86. The Balaban J connectivity index is 1.97. The number of amides is 1. The highest BCUT2D eigenvalue weighted by atomic mass is 16.4. The van der Waals surface area contributed by atoms with Crippen molar-refractivity contribution in [3.63, 3.8) is 0 Å². The molecule has 2 atom stereocenters. The summed E-state index contributed by atoms with van der Waals surface area (Å²) in [7, 11) is 0. The van der Waals surface area contributed by atoms with Crippen molar-refractivity contribution in [2.24, 2.45) is 11.8 Å². The normalized spacial score (nSPS) is 22.2. The van der Waals surface area contributed by atoms with Gasteiger partial charge in [-0.15, -0.1) is 0 Å². The number of carboxylic acids is 1. The molecule has 2 unspecified atom stereocenters. The number of carboxylic acid groups (broad SMARTS) is 1. The van der Waals surface area contributed by atoms with E-state index in [-0.39, 0.29) is 11.8 Å². The number of aryl methyl sites for hydroxylation is 1. The van der Waals surface area contributed by atoms with Gasteiger partial charge >= 0.3 is 5.97 Å². The van der Waals surface area contributed by atoms with Crippen molar-refractivity contribution in [2.45, 2.75) is 39.2 Å². The zero-order valence-electron chi connectivity index (χ0n) is 11.8. The van der Waals surface area contributed by atoms with Crippen molar-refractivity contribution < 1.29 is 14.7 Å². The molecule has 4 nitrogen and oxygen atoms in total. The lowest BCUT2D eigenvalue weighted by Gasteiger charge is -2.27. The molecule has 20 heavy (non-hydrogen) atoms. The van der Waals surface area contributed by atoms with Crippen LogP contribution in [0.15, 0.2) is 24.3 Å². The average molecular weight is 275 g/mol. The SMILES string of the molecule is Cc1ccccc1CNC(=O)C1CCCCC1C(=O)O. The minimum absolute atomic E-state index is 0.125. The van der Waals surface area contributed by atoms with E-state index in [1.807, 2.05) is 31.2 Å². The Kier molecular flexibility index (Phi) is 4.77. The van der Waals surface area contributed by atoms with Crippen LogP contribution in [0.3, 0.4) is 0 Å². The molecule has 2 N–H and O–H groups in total. The molecule has 1 aliphatic rings. The zero-order chi connectivity index (χ0) is 14.5. The van der Waals surface area contributed by atoms with Crippen molar-refractivity contribution in [3.05, 3.63) is 35.4 Å². The monoisotopic (exact) mass is 275 g/mol. The van der Waals surface area contributed by atoms with Crippen molar-refractivity contribution in [2.75, 3.05) is 0 Å². The van der Waals surface area contributed by atoms with Crippen molar-refractivity contribution in [1.82, 2.24) is 5.32 Å². The van der Waals surface area contributed by atoms with Crippen molar-refractivity contribution >= 4 is 11.9 Å². The maximum Gasteiger partial charge on any atom is 0.307 e. The first-order valence-corrected chi connectivity index (χ1v) is 7.14. The van der Waals surface area contributed by atoms with Gasteiger partial charge in [-0.05, 0) is 30.9 Å². The third kappa shape index (κ3) is 3.38. The second-order valence-corrected chi connectivity index (χ2v) is 5.48. The number of nitrogens with one attached hydrogen (secondary N) is 1. The smallest absolute Gasteiger partial charge is 0.307 e. The summed E-state index contributed by atoms with van der Waals surface area (Å²) in [6.07, 6.45) is 3.12. The van der Waals surface area contributed by atoms with Gasteiger partial charge in [-0.3, -0.25) is 9.59 Å². The van der Waals surface area contributed by atoms with Gasteiger partial charge in [0.05, 0.1) is 11.8 Å². The van der Waals surface area contributed by atoms with Crippen LogP contribution in [-0.4, -0.2) is 17.0 Å². The molecule has 1 saturated carbocycles. The number of aliphatic carboxylic acids is 1. The van der Waals surface area contributed by atoms with E-state index in [1.54, 1.807) is 0 Å².